The van der Waals surface area contributed by atoms with Crippen LogP contribution in [0, 0.1) is 19.3 Å². The summed E-state index contributed by atoms with van der Waals surface area (Å²) in [6.07, 6.45) is 4.85. The molecule has 10 heteroatoms. The van der Waals surface area contributed by atoms with E-state index in [-0.39, 0.29) is 5.41 Å². The highest BCUT2D eigenvalue weighted by atomic mass is 16.5. The van der Waals surface area contributed by atoms with Gasteiger partial charge in [0.25, 0.3) is 0 Å². The Morgan fingerprint density at radius 1 is 1.18 bits per heavy atom. The number of pyridine rings is 1. The first-order chi connectivity index (χ1) is 18.2. The van der Waals surface area contributed by atoms with Gasteiger partial charge in [-0.1, -0.05) is 37.3 Å². The van der Waals surface area contributed by atoms with E-state index in [9.17, 15) is 9.90 Å². The average molecular weight is 514 g/mol. The van der Waals surface area contributed by atoms with Crippen molar-refractivity contribution in [3.05, 3.63) is 71.7 Å². The Balaban J connectivity index is 1.18. The molecule has 0 spiro atoms. The maximum atomic E-state index is 12.4. The van der Waals surface area contributed by atoms with Gasteiger partial charge in [0.2, 0.25) is 0 Å². The quantitative estimate of drug-likeness (QED) is 0.417. The standard InChI is InChI=1S/C28H31N7O3/c1-18-11-21(33-10-9-26(3,15-33)20-7-5-4-6-8-20)12-35-24(18)30-23(32-35)22-28(25(36)37)13-27(14-28,38-22)16-34-17-29-19(2)31-34/h4-8,11-12,17,22H,9-10,13-16H2,1-3H3,(H,36,37)/t22?,26-,27?,28?/m0/s1. The molecule has 1 N–H and O–H groups in total. The minimum Gasteiger partial charge on any atom is -0.481 e. The van der Waals surface area contributed by atoms with Crippen LogP contribution in [-0.4, -0.2) is 59.1 Å². The SMILES string of the molecule is Cc1ncn(CC23CC(C(=O)O)(C2)C(c2nc4c(C)cc(N5CC[C@](C)(c6ccccc6)C5)cn4n2)O3)n1. The second kappa shape index (κ2) is 7.86. The summed E-state index contributed by atoms with van der Waals surface area (Å²) in [6.45, 7) is 8.52. The van der Waals surface area contributed by atoms with E-state index in [1.54, 1.807) is 15.5 Å². The highest BCUT2D eigenvalue weighted by Gasteiger charge is 2.73. The van der Waals surface area contributed by atoms with Crippen LogP contribution in [0.4, 0.5) is 5.69 Å². The zero-order valence-electron chi connectivity index (χ0n) is 21.8. The molecule has 3 aromatic heterocycles. The Labute approximate surface area is 220 Å². The highest BCUT2D eigenvalue weighted by Crippen LogP contribution is 2.67. The lowest BCUT2D eigenvalue weighted by Gasteiger charge is -2.41. The molecule has 196 valence electrons. The molecule has 4 fully saturated rings. The molecule has 4 aliphatic rings. The van der Waals surface area contributed by atoms with Crippen LogP contribution in [0.2, 0.25) is 0 Å². The van der Waals surface area contributed by atoms with E-state index >= 15 is 0 Å². The number of anilines is 1. The van der Waals surface area contributed by atoms with Crippen LogP contribution in [-0.2, 0) is 21.5 Å². The molecule has 3 saturated heterocycles. The first-order valence-corrected chi connectivity index (χ1v) is 13.1. The Kier molecular flexibility index (Phi) is 4.83. The second-order valence-corrected chi connectivity index (χ2v) is 11.7. The van der Waals surface area contributed by atoms with E-state index in [2.05, 4.69) is 58.3 Å². The molecule has 1 aliphatic carbocycles. The lowest BCUT2D eigenvalue weighted by Crippen LogP contribution is -2.51. The van der Waals surface area contributed by atoms with E-state index in [0.29, 0.717) is 31.0 Å². The number of carbonyl (C=O) groups is 1. The van der Waals surface area contributed by atoms with Crippen molar-refractivity contribution in [3.8, 4) is 0 Å². The van der Waals surface area contributed by atoms with Crippen LogP contribution < -0.4 is 4.90 Å². The molecule has 1 saturated carbocycles. The molecule has 10 nitrogen and oxygen atoms in total. The van der Waals surface area contributed by atoms with Gasteiger partial charge in [0.1, 0.15) is 23.7 Å². The molecule has 0 amide bonds. The van der Waals surface area contributed by atoms with Gasteiger partial charge in [0, 0.05) is 18.5 Å². The third-order valence-electron chi connectivity index (χ3n) is 8.84. The van der Waals surface area contributed by atoms with Gasteiger partial charge in [-0.05, 0) is 50.3 Å². The van der Waals surface area contributed by atoms with Gasteiger partial charge >= 0.3 is 5.97 Å². The summed E-state index contributed by atoms with van der Waals surface area (Å²) in [4.78, 5) is 23.8. The second-order valence-electron chi connectivity index (χ2n) is 11.7. The maximum absolute atomic E-state index is 12.4. The minimum atomic E-state index is -1.02. The van der Waals surface area contributed by atoms with Crippen molar-refractivity contribution < 1.29 is 14.6 Å². The Hall–Kier alpha value is -3.79. The summed E-state index contributed by atoms with van der Waals surface area (Å²) >= 11 is 0. The number of ether oxygens (including phenoxy) is 1. The third-order valence-corrected chi connectivity index (χ3v) is 8.84. The molecule has 1 unspecified atom stereocenters. The fourth-order valence-corrected chi connectivity index (χ4v) is 6.89. The first-order valence-electron chi connectivity index (χ1n) is 13.1. The molecular formula is C28H31N7O3. The predicted molar refractivity (Wildman–Crippen MR) is 139 cm³/mol. The summed E-state index contributed by atoms with van der Waals surface area (Å²) < 4.78 is 9.97. The number of carboxylic acid groups (broad SMARTS) is 1. The number of benzene rings is 1. The number of rotatable bonds is 6. The van der Waals surface area contributed by atoms with Crippen molar-refractivity contribution in [1.29, 1.82) is 0 Å². The van der Waals surface area contributed by atoms with Crippen LogP contribution >= 0.6 is 0 Å². The molecular weight excluding hydrogens is 482 g/mol. The number of fused-ring (bicyclic) bond motifs is 2. The van der Waals surface area contributed by atoms with Gasteiger partial charge in [-0.3, -0.25) is 4.79 Å². The minimum absolute atomic E-state index is 0.0845. The maximum Gasteiger partial charge on any atom is 0.313 e. The third kappa shape index (κ3) is 3.39. The van der Waals surface area contributed by atoms with E-state index in [1.165, 1.54) is 5.56 Å². The van der Waals surface area contributed by atoms with Gasteiger partial charge < -0.3 is 14.7 Å². The summed E-state index contributed by atoms with van der Waals surface area (Å²) in [7, 11) is 0. The number of aliphatic carboxylic acids is 1. The Bertz CT molecular complexity index is 1560. The van der Waals surface area contributed by atoms with Crippen LogP contribution in [0.3, 0.4) is 0 Å². The summed E-state index contributed by atoms with van der Waals surface area (Å²) in [5, 5.41) is 19.4. The number of aromatic nitrogens is 6. The van der Waals surface area contributed by atoms with Crippen molar-refractivity contribution in [2.45, 2.75) is 63.7 Å². The van der Waals surface area contributed by atoms with Crippen LogP contribution in [0.1, 0.15) is 55.1 Å². The van der Waals surface area contributed by atoms with Crippen molar-refractivity contribution >= 4 is 17.3 Å². The monoisotopic (exact) mass is 513 g/mol. The van der Waals surface area contributed by atoms with Crippen molar-refractivity contribution in [3.63, 3.8) is 0 Å². The molecule has 4 aromatic rings. The summed E-state index contributed by atoms with van der Waals surface area (Å²) in [5.41, 5.74) is 2.63. The number of hydrogen-bond acceptors (Lipinski definition) is 7. The van der Waals surface area contributed by atoms with E-state index < -0.39 is 23.1 Å². The largest absolute Gasteiger partial charge is 0.481 e. The molecule has 3 aliphatic heterocycles. The molecule has 38 heavy (non-hydrogen) atoms. The highest BCUT2D eigenvalue weighted by molar-refractivity contribution is 5.78. The molecule has 1 aromatic carbocycles. The van der Waals surface area contributed by atoms with E-state index in [4.69, 9.17) is 14.8 Å². The fourth-order valence-electron chi connectivity index (χ4n) is 6.89. The van der Waals surface area contributed by atoms with Crippen molar-refractivity contribution in [2.24, 2.45) is 5.41 Å². The number of carboxylic acids is 1. The smallest absolute Gasteiger partial charge is 0.313 e. The van der Waals surface area contributed by atoms with E-state index in [0.717, 1.165) is 36.4 Å². The first kappa shape index (κ1) is 23.3. The fraction of sp³-hybridized carbons (Fsp3) is 0.464. The van der Waals surface area contributed by atoms with Crippen LogP contribution in [0.15, 0.2) is 48.9 Å². The molecule has 8 rings (SSSR count). The predicted octanol–water partition coefficient (Wildman–Crippen LogP) is 3.48. The lowest BCUT2D eigenvalue weighted by molar-refractivity contribution is -0.155. The topological polar surface area (TPSA) is 111 Å². The number of hydrogen-bond donors (Lipinski definition) is 1. The zero-order chi connectivity index (χ0) is 26.3. The molecule has 2 bridgehead atoms. The molecule has 6 heterocycles. The van der Waals surface area contributed by atoms with Gasteiger partial charge in [0.05, 0.1) is 24.0 Å². The Morgan fingerprint density at radius 2 is 1.97 bits per heavy atom. The lowest BCUT2D eigenvalue weighted by atomic mass is 9.60. The molecule has 0 radical (unpaired) electrons. The van der Waals surface area contributed by atoms with Gasteiger partial charge in [0.15, 0.2) is 11.5 Å². The molecule has 2 atom stereocenters. The van der Waals surface area contributed by atoms with Crippen molar-refractivity contribution in [2.75, 3.05) is 18.0 Å². The van der Waals surface area contributed by atoms with Crippen LogP contribution in [0.25, 0.3) is 5.65 Å². The van der Waals surface area contributed by atoms with Gasteiger partial charge in [-0.25, -0.2) is 19.2 Å². The average Bonchev–Trinajstić information content (AvgIpc) is 3.67. The summed E-state index contributed by atoms with van der Waals surface area (Å²) in [5.74, 6) is 0.242. The van der Waals surface area contributed by atoms with E-state index in [1.807, 2.05) is 20.0 Å². The normalized spacial score (nSPS) is 30.2. The summed E-state index contributed by atoms with van der Waals surface area (Å²) in [6, 6.07) is 12.8. The van der Waals surface area contributed by atoms with Crippen LogP contribution in [0.5, 0.6) is 0 Å². The van der Waals surface area contributed by atoms with Gasteiger partial charge in [-0.15, -0.1) is 5.10 Å². The number of nitrogens with zero attached hydrogens (tertiary/aromatic N) is 7. The zero-order valence-corrected chi connectivity index (χ0v) is 21.8. The van der Waals surface area contributed by atoms with Crippen molar-refractivity contribution in [1.82, 2.24) is 29.4 Å². The number of aryl methyl sites for hydroxylation is 2. The van der Waals surface area contributed by atoms with Gasteiger partial charge in [-0.2, -0.15) is 5.10 Å². The Morgan fingerprint density at radius 3 is 2.68 bits per heavy atom.